The van der Waals surface area contributed by atoms with Gasteiger partial charge in [0.1, 0.15) is 11.5 Å². The van der Waals surface area contributed by atoms with Gasteiger partial charge in [-0.15, -0.1) is 0 Å². The number of nitrogens with one attached hydrogen (secondary N) is 1. The quantitative estimate of drug-likeness (QED) is 0.421. The van der Waals surface area contributed by atoms with Crippen molar-refractivity contribution in [2.24, 2.45) is 5.92 Å². The minimum atomic E-state index is -0.681. The van der Waals surface area contributed by atoms with Gasteiger partial charge in [0.05, 0.1) is 12.4 Å². The summed E-state index contributed by atoms with van der Waals surface area (Å²) in [6, 6.07) is 18.5. The monoisotopic (exact) mass is 472 g/mol. The average molecular weight is 473 g/mol. The molecule has 5 rings (SSSR count). The second kappa shape index (κ2) is 10.1. The molecule has 3 aromatic rings. The first kappa shape index (κ1) is 22.8. The van der Waals surface area contributed by atoms with E-state index in [9.17, 15) is 9.59 Å². The van der Waals surface area contributed by atoms with Gasteiger partial charge >= 0.3 is 6.03 Å². The van der Waals surface area contributed by atoms with E-state index >= 15 is 0 Å². The number of hydroxylamine groups is 1. The standard InChI is InChI=1S/C26H28N6O3/c33-25(29-35)23-16-28-24(17-27-23)30-12-10-19(11-13-30)18-31-14-15-32(26(31)34)22-8-6-21(7-9-22)20-4-2-1-3-5-20/h1-9,16-17,19,35H,10-15,18H2,(H,29,33). The minimum absolute atomic E-state index is 0.0675. The zero-order valence-corrected chi connectivity index (χ0v) is 19.4. The van der Waals surface area contributed by atoms with E-state index in [1.807, 2.05) is 40.1 Å². The van der Waals surface area contributed by atoms with Crippen LogP contribution < -0.4 is 15.3 Å². The Labute approximate surface area is 204 Å². The molecule has 180 valence electrons. The van der Waals surface area contributed by atoms with Gasteiger partial charge in [-0.3, -0.25) is 14.9 Å². The van der Waals surface area contributed by atoms with E-state index in [1.165, 1.54) is 6.20 Å². The average Bonchev–Trinajstić information content (AvgIpc) is 3.29. The predicted molar refractivity (Wildman–Crippen MR) is 132 cm³/mol. The van der Waals surface area contributed by atoms with Crippen LogP contribution in [-0.4, -0.2) is 64.7 Å². The number of hydrogen-bond acceptors (Lipinski definition) is 6. The first-order valence-corrected chi connectivity index (χ1v) is 11.9. The summed E-state index contributed by atoms with van der Waals surface area (Å²) >= 11 is 0. The van der Waals surface area contributed by atoms with Crippen LogP contribution in [0.15, 0.2) is 67.0 Å². The maximum Gasteiger partial charge on any atom is 0.324 e. The van der Waals surface area contributed by atoms with Crippen LogP contribution in [0.5, 0.6) is 0 Å². The molecule has 0 unspecified atom stereocenters. The molecule has 0 bridgehead atoms. The molecule has 0 atom stereocenters. The third-order valence-corrected chi connectivity index (χ3v) is 6.77. The Morgan fingerprint density at radius 1 is 0.914 bits per heavy atom. The lowest BCUT2D eigenvalue weighted by atomic mass is 9.96. The van der Waals surface area contributed by atoms with Gasteiger partial charge in [-0.25, -0.2) is 20.2 Å². The lowest BCUT2D eigenvalue weighted by molar-refractivity contribution is 0.0700. The molecule has 0 radical (unpaired) electrons. The maximum atomic E-state index is 13.1. The molecule has 3 amide bonds. The molecular weight excluding hydrogens is 444 g/mol. The largest absolute Gasteiger partial charge is 0.355 e. The van der Waals surface area contributed by atoms with E-state index in [1.54, 1.807) is 11.7 Å². The van der Waals surface area contributed by atoms with Crippen LogP contribution in [-0.2, 0) is 0 Å². The SMILES string of the molecule is O=C(NO)c1cnc(N2CCC(CN3CCN(c4ccc(-c5ccccc5)cc4)C3=O)CC2)cn1. The number of amides is 3. The normalized spacial score (nSPS) is 16.6. The highest BCUT2D eigenvalue weighted by Gasteiger charge is 2.32. The van der Waals surface area contributed by atoms with E-state index in [2.05, 4.69) is 39.1 Å². The van der Waals surface area contributed by atoms with Crippen LogP contribution in [0.4, 0.5) is 16.3 Å². The Kier molecular flexibility index (Phi) is 6.58. The smallest absolute Gasteiger partial charge is 0.324 e. The van der Waals surface area contributed by atoms with Crippen LogP contribution in [0.2, 0.25) is 0 Å². The first-order valence-electron chi connectivity index (χ1n) is 11.9. The Balaban J connectivity index is 1.14. The molecule has 2 aliphatic rings. The minimum Gasteiger partial charge on any atom is -0.355 e. The van der Waals surface area contributed by atoms with Gasteiger partial charge in [-0.1, -0.05) is 42.5 Å². The van der Waals surface area contributed by atoms with Crippen molar-refractivity contribution in [3.63, 3.8) is 0 Å². The van der Waals surface area contributed by atoms with Crippen LogP contribution in [0.3, 0.4) is 0 Å². The van der Waals surface area contributed by atoms with Crippen LogP contribution in [0, 0.1) is 5.92 Å². The molecule has 2 aromatic carbocycles. The van der Waals surface area contributed by atoms with Crippen molar-refractivity contribution in [1.82, 2.24) is 20.3 Å². The number of nitrogens with zero attached hydrogens (tertiary/aromatic N) is 5. The maximum absolute atomic E-state index is 13.1. The van der Waals surface area contributed by atoms with Crippen LogP contribution >= 0.6 is 0 Å². The Morgan fingerprint density at radius 3 is 2.29 bits per heavy atom. The Morgan fingerprint density at radius 2 is 1.63 bits per heavy atom. The summed E-state index contributed by atoms with van der Waals surface area (Å²) in [6.07, 6.45) is 4.82. The van der Waals surface area contributed by atoms with E-state index < -0.39 is 5.91 Å². The van der Waals surface area contributed by atoms with E-state index in [0.29, 0.717) is 18.3 Å². The summed E-state index contributed by atoms with van der Waals surface area (Å²) in [5, 5.41) is 8.70. The number of hydrogen-bond donors (Lipinski definition) is 2. The number of aromatic nitrogens is 2. The summed E-state index contributed by atoms with van der Waals surface area (Å²) in [7, 11) is 0. The third-order valence-electron chi connectivity index (χ3n) is 6.77. The van der Waals surface area contributed by atoms with Crippen molar-refractivity contribution in [2.75, 3.05) is 42.5 Å². The van der Waals surface area contributed by atoms with Crippen LogP contribution in [0.25, 0.3) is 11.1 Å². The molecule has 0 spiro atoms. The topological polar surface area (TPSA) is 102 Å². The van der Waals surface area contributed by atoms with Gasteiger partial charge in [0.15, 0.2) is 0 Å². The zero-order valence-electron chi connectivity index (χ0n) is 19.4. The number of rotatable bonds is 6. The molecule has 9 nitrogen and oxygen atoms in total. The van der Waals surface area contributed by atoms with Gasteiger partial charge < -0.3 is 9.80 Å². The molecule has 2 saturated heterocycles. The van der Waals surface area contributed by atoms with Crippen LogP contribution in [0.1, 0.15) is 23.3 Å². The summed E-state index contributed by atoms with van der Waals surface area (Å²) in [6.45, 7) is 3.83. The molecular formula is C26H28N6O3. The molecule has 3 heterocycles. The molecule has 2 aliphatic heterocycles. The summed E-state index contributed by atoms with van der Waals surface area (Å²) < 4.78 is 0. The molecule has 0 aliphatic carbocycles. The fraction of sp³-hybridized carbons (Fsp3) is 0.308. The summed E-state index contributed by atoms with van der Waals surface area (Å²) in [5.41, 5.74) is 4.86. The highest BCUT2D eigenvalue weighted by molar-refractivity contribution is 5.94. The van der Waals surface area contributed by atoms with Gasteiger partial charge in [-0.2, -0.15) is 0 Å². The second-order valence-corrected chi connectivity index (χ2v) is 8.92. The fourth-order valence-corrected chi connectivity index (χ4v) is 4.77. The number of benzene rings is 2. The number of anilines is 2. The fourth-order valence-electron chi connectivity index (χ4n) is 4.77. The Hall–Kier alpha value is -3.98. The molecule has 9 heteroatoms. The van der Waals surface area contributed by atoms with Gasteiger partial charge in [0.2, 0.25) is 0 Å². The highest BCUT2D eigenvalue weighted by Crippen LogP contribution is 2.27. The number of carbonyl (C=O) groups excluding carboxylic acids is 2. The first-order chi connectivity index (χ1) is 17.1. The van der Waals surface area contributed by atoms with Gasteiger partial charge in [0, 0.05) is 38.4 Å². The van der Waals surface area contributed by atoms with E-state index in [0.717, 1.165) is 55.8 Å². The van der Waals surface area contributed by atoms with E-state index in [4.69, 9.17) is 5.21 Å². The number of piperidine rings is 1. The number of urea groups is 1. The third kappa shape index (κ3) is 4.95. The lowest BCUT2D eigenvalue weighted by Crippen LogP contribution is -2.40. The molecule has 35 heavy (non-hydrogen) atoms. The van der Waals surface area contributed by atoms with Crippen molar-refractivity contribution >= 4 is 23.4 Å². The number of carbonyl (C=O) groups is 2. The van der Waals surface area contributed by atoms with Gasteiger partial charge in [-0.05, 0) is 42.0 Å². The summed E-state index contributed by atoms with van der Waals surface area (Å²) in [5.74, 6) is 0.461. The predicted octanol–water partition coefficient (Wildman–Crippen LogP) is 3.42. The lowest BCUT2D eigenvalue weighted by Gasteiger charge is -2.34. The molecule has 2 fully saturated rings. The molecule has 1 aromatic heterocycles. The van der Waals surface area contributed by atoms with Crippen molar-refractivity contribution in [3.05, 3.63) is 72.7 Å². The van der Waals surface area contributed by atoms with Crippen molar-refractivity contribution in [1.29, 1.82) is 0 Å². The van der Waals surface area contributed by atoms with Crippen molar-refractivity contribution in [2.45, 2.75) is 12.8 Å². The van der Waals surface area contributed by atoms with Gasteiger partial charge in [0.25, 0.3) is 5.91 Å². The Bertz CT molecular complexity index is 1160. The van der Waals surface area contributed by atoms with Crippen molar-refractivity contribution < 1.29 is 14.8 Å². The molecule has 0 saturated carbocycles. The molecule has 2 N–H and O–H groups in total. The van der Waals surface area contributed by atoms with Crippen molar-refractivity contribution in [3.8, 4) is 11.1 Å². The second-order valence-electron chi connectivity index (χ2n) is 8.92. The summed E-state index contributed by atoms with van der Waals surface area (Å²) in [4.78, 5) is 38.8. The van der Waals surface area contributed by atoms with E-state index in [-0.39, 0.29) is 11.7 Å². The zero-order chi connectivity index (χ0) is 24.2. The highest BCUT2D eigenvalue weighted by atomic mass is 16.5.